The second kappa shape index (κ2) is 2.78. The zero-order valence-electron chi connectivity index (χ0n) is 6.39. The first kappa shape index (κ1) is 7.85. The molecule has 58 valence electrons. The van der Waals surface area contributed by atoms with Gasteiger partial charge in [-0.05, 0) is 19.9 Å². The van der Waals surface area contributed by atoms with E-state index in [0.717, 1.165) is 6.20 Å². The van der Waals surface area contributed by atoms with Crippen molar-refractivity contribution in [2.75, 3.05) is 0 Å². The summed E-state index contributed by atoms with van der Waals surface area (Å²) in [6.07, 6.45) is 1.06. The number of aromatic nitrogens is 1. The summed E-state index contributed by atoms with van der Waals surface area (Å²) >= 11 is 0. The van der Waals surface area contributed by atoms with Crippen LogP contribution in [0.2, 0.25) is 0 Å². The molecule has 0 fully saturated rings. The normalized spacial score (nSPS) is 9.73. The van der Waals surface area contributed by atoms with Crippen LogP contribution in [0.25, 0.3) is 0 Å². The highest BCUT2D eigenvalue weighted by atomic mass is 19.1. The minimum atomic E-state index is -0.553. The molecule has 1 rings (SSSR count). The standard InChI is InChI=1S/C8H8FNO/c1-5-3-7(6(2)11)8(9)4-10-5/h3-4H,1-2H3. The van der Waals surface area contributed by atoms with E-state index in [9.17, 15) is 9.18 Å². The average Bonchev–Trinajstić information content (AvgIpc) is 1.94. The largest absolute Gasteiger partial charge is 0.294 e. The van der Waals surface area contributed by atoms with Gasteiger partial charge < -0.3 is 0 Å². The molecule has 0 saturated heterocycles. The van der Waals surface area contributed by atoms with Crippen LogP contribution in [0.15, 0.2) is 12.3 Å². The van der Waals surface area contributed by atoms with Crippen molar-refractivity contribution in [1.29, 1.82) is 0 Å². The number of ketones is 1. The van der Waals surface area contributed by atoms with Crippen molar-refractivity contribution in [1.82, 2.24) is 4.98 Å². The van der Waals surface area contributed by atoms with Gasteiger partial charge in [0.05, 0.1) is 11.8 Å². The van der Waals surface area contributed by atoms with Crippen LogP contribution in [0.4, 0.5) is 4.39 Å². The zero-order chi connectivity index (χ0) is 8.43. The van der Waals surface area contributed by atoms with Gasteiger partial charge in [0.25, 0.3) is 0 Å². The molecule has 1 heterocycles. The van der Waals surface area contributed by atoms with E-state index >= 15 is 0 Å². The molecule has 0 unspecified atom stereocenters. The van der Waals surface area contributed by atoms with E-state index in [0.29, 0.717) is 5.69 Å². The number of rotatable bonds is 1. The molecule has 0 radical (unpaired) electrons. The molecule has 0 aliphatic carbocycles. The summed E-state index contributed by atoms with van der Waals surface area (Å²) in [4.78, 5) is 14.4. The van der Waals surface area contributed by atoms with Gasteiger partial charge >= 0.3 is 0 Å². The third-order valence-electron chi connectivity index (χ3n) is 1.37. The summed E-state index contributed by atoms with van der Waals surface area (Å²) < 4.78 is 12.7. The van der Waals surface area contributed by atoms with Crippen LogP contribution in [0.1, 0.15) is 23.0 Å². The molecule has 0 aliphatic heterocycles. The van der Waals surface area contributed by atoms with Crippen molar-refractivity contribution in [3.05, 3.63) is 29.3 Å². The summed E-state index contributed by atoms with van der Waals surface area (Å²) in [6.45, 7) is 3.05. The van der Waals surface area contributed by atoms with Crippen LogP contribution in [-0.2, 0) is 0 Å². The molecule has 3 heteroatoms. The lowest BCUT2D eigenvalue weighted by atomic mass is 10.1. The Bertz CT molecular complexity index is 296. The fourth-order valence-electron chi connectivity index (χ4n) is 0.813. The van der Waals surface area contributed by atoms with Gasteiger partial charge in [-0.3, -0.25) is 9.78 Å². The number of aryl methyl sites for hydroxylation is 1. The summed E-state index contributed by atoms with van der Waals surface area (Å²) in [7, 11) is 0. The second-order valence-corrected chi connectivity index (χ2v) is 2.36. The fourth-order valence-corrected chi connectivity index (χ4v) is 0.813. The van der Waals surface area contributed by atoms with Gasteiger partial charge in [-0.15, -0.1) is 0 Å². The highest BCUT2D eigenvalue weighted by Gasteiger charge is 2.06. The zero-order valence-corrected chi connectivity index (χ0v) is 6.39. The quantitative estimate of drug-likeness (QED) is 0.575. The molecule has 11 heavy (non-hydrogen) atoms. The van der Waals surface area contributed by atoms with Crippen LogP contribution in [-0.4, -0.2) is 10.8 Å². The molecule has 0 saturated carbocycles. The van der Waals surface area contributed by atoms with E-state index < -0.39 is 5.82 Å². The number of hydrogen-bond acceptors (Lipinski definition) is 2. The maximum Gasteiger partial charge on any atom is 0.162 e. The molecule has 1 aromatic heterocycles. The summed E-state index contributed by atoms with van der Waals surface area (Å²) in [5.74, 6) is -0.823. The second-order valence-electron chi connectivity index (χ2n) is 2.36. The van der Waals surface area contributed by atoms with Crippen molar-refractivity contribution >= 4 is 5.78 Å². The van der Waals surface area contributed by atoms with E-state index in [4.69, 9.17) is 0 Å². The Morgan fingerprint density at radius 3 is 2.73 bits per heavy atom. The van der Waals surface area contributed by atoms with Gasteiger partial charge in [0.2, 0.25) is 0 Å². The van der Waals surface area contributed by atoms with Gasteiger partial charge in [-0.1, -0.05) is 0 Å². The fraction of sp³-hybridized carbons (Fsp3) is 0.250. The predicted molar refractivity (Wildman–Crippen MR) is 38.9 cm³/mol. The van der Waals surface area contributed by atoms with Gasteiger partial charge in [0, 0.05) is 5.69 Å². The first-order valence-electron chi connectivity index (χ1n) is 3.24. The van der Waals surface area contributed by atoms with Gasteiger partial charge in [-0.2, -0.15) is 0 Å². The SMILES string of the molecule is CC(=O)c1cc(C)ncc1F. The van der Waals surface area contributed by atoms with E-state index in [1.54, 1.807) is 6.92 Å². The van der Waals surface area contributed by atoms with Crippen LogP contribution >= 0.6 is 0 Å². The molecular weight excluding hydrogens is 145 g/mol. The van der Waals surface area contributed by atoms with Crippen molar-refractivity contribution in [3.8, 4) is 0 Å². The molecule has 1 aromatic rings. The molecule has 0 aliphatic rings. The lowest BCUT2D eigenvalue weighted by Gasteiger charge is -1.97. The van der Waals surface area contributed by atoms with Crippen molar-refractivity contribution in [2.45, 2.75) is 13.8 Å². The molecule has 0 bridgehead atoms. The Hall–Kier alpha value is -1.25. The Morgan fingerprint density at radius 1 is 1.64 bits per heavy atom. The van der Waals surface area contributed by atoms with Crippen molar-refractivity contribution < 1.29 is 9.18 Å². The third-order valence-corrected chi connectivity index (χ3v) is 1.37. The van der Waals surface area contributed by atoms with Crippen molar-refractivity contribution in [3.63, 3.8) is 0 Å². The lowest BCUT2D eigenvalue weighted by molar-refractivity contribution is 0.101. The Labute approximate surface area is 64.1 Å². The third kappa shape index (κ3) is 1.61. The number of hydrogen-bond donors (Lipinski definition) is 0. The number of pyridine rings is 1. The molecule has 0 amide bonds. The van der Waals surface area contributed by atoms with Gasteiger partial charge in [0.15, 0.2) is 11.6 Å². The molecule has 0 spiro atoms. The topological polar surface area (TPSA) is 30.0 Å². The van der Waals surface area contributed by atoms with Gasteiger partial charge in [0.1, 0.15) is 0 Å². The summed E-state index contributed by atoms with van der Waals surface area (Å²) in [6, 6.07) is 1.44. The maximum absolute atomic E-state index is 12.7. The van der Waals surface area contributed by atoms with E-state index in [1.165, 1.54) is 13.0 Å². The molecular formula is C8H8FNO. The first-order chi connectivity index (χ1) is 5.11. The molecule has 0 atom stereocenters. The highest BCUT2D eigenvalue weighted by molar-refractivity contribution is 5.94. The number of halogens is 1. The summed E-state index contributed by atoms with van der Waals surface area (Å²) in [5, 5.41) is 0. The van der Waals surface area contributed by atoms with Crippen LogP contribution < -0.4 is 0 Å². The lowest BCUT2D eigenvalue weighted by Crippen LogP contribution is -1.98. The monoisotopic (exact) mass is 153 g/mol. The van der Waals surface area contributed by atoms with E-state index in [-0.39, 0.29) is 11.3 Å². The predicted octanol–water partition coefficient (Wildman–Crippen LogP) is 1.73. The molecule has 0 N–H and O–H groups in total. The average molecular weight is 153 g/mol. The minimum absolute atomic E-state index is 0.109. The Balaban J connectivity index is 3.23. The number of nitrogens with zero attached hydrogens (tertiary/aromatic N) is 1. The summed E-state index contributed by atoms with van der Waals surface area (Å²) in [5.41, 5.74) is 0.758. The van der Waals surface area contributed by atoms with Gasteiger partial charge in [-0.25, -0.2) is 4.39 Å². The van der Waals surface area contributed by atoms with Crippen molar-refractivity contribution in [2.24, 2.45) is 0 Å². The Kier molecular flexibility index (Phi) is 1.98. The maximum atomic E-state index is 12.7. The molecule has 2 nitrogen and oxygen atoms in total. The van der Waals surface area contributed by atoms with Crippen LogP contribution in [0.5, 0.6) is 0 Å². The number of carbonyl (C=O) groups excluding carboxylic acids is 1. The van der Waals surface area contributed by atoms with E-state index in [1.807, 2.05) is 0 Å². The Morgan fingerprint density at radius 2 is 2.27 bits per heavy atom. The minimum Gasteiger partial charge on any atom is -0.294 e. The number of Topliss-reactive ketones (excluding diaryl/α,β-unsaturated/α-hetero) is 1. The number of carbonyl (C=O) groups is 1. The van der Waals surface area contributed by atoms with Crippen LogP contribution in [0, 0.1) is 12.7 Å². The first-order valence-corrected chi connectivity index (χ1v) is 3.24. The highest BCUT2D eigenvalue weighted by Crippen LogP contribution is 2.07. The molecule has 0 aromatic carbocycles. The van der Waals surface area contributed by atoms with Crippen LogP contribution in [0.3, 0.4) is 0 Å². The van der Waals surface area contributed by atoms with E-state index in [2.05, 4.69) is 4.98 Å². The smallest absolute Gasteiger partial charge is 0.162 e.